The molecule has 16 heavy (non-hydrogen) atoms. The second-order valence-electron chi connectivity index (χ2n) is 3.25. The maximum atomic E-state index is 11.3. The summed E-state index contributed by atoms with van der Waals surface area (Å²) in [5.74, 6) is -0.973. The number of unbranched alkanes of at least 4 members (excludes halogenated alkanes) is 1. The number of carboxylic acids is 1. The fourth-order valence-corrected chi connectivity index (χ4v) is 1.55. The van der Waals surface area contributed by atoms with Crippen molar-refractivity contribution >= 4 is 23.6 Å². The average Bonchev–Trinajstić information content (AvgIpc) is 2.24. The van der Waals surface area contributed by atoms with Crippen LogP contribution in [0.3, 0.4) is 0 Å². The Morgan fingerprint density at radius 2 is 2.25 bits per heavy atom. The van der Waals surface area contributed by atoms with Crippen LogP contribution in [0.4, 0.5) is 0 Å². The summed E-state index contributed by atoms with van der Waals surface area (Å²) < 4.78 is 0. The van der Waals surface area contributed by atoms with E-state index in [1.54, 1.807) is 0 Å². The van der Waals surface area contributed by atoms with Crippen molar-refractivity contribution in [2.24, 2.45) is 0 Å². The van der Waals surface area contributed by atoms with Crippen LogP contribution < -0.4 is 5.32 Å². The number of carbonyl (C=O) groups excluding carboxylic acids is 1. The molecule has 0 radical (unpaired) electrons. The zero-order valence-electron chi connectivity index (χ0n) is 9.23. The number of nitriles is 1. The lowest BCUT2D eigenvalue weighted by Crippen LogP contribution is -2.41. The third-order valence-corrected chi connectivity index (χ3v) is 2.68. The van der Waals surface area contributed by atoms with Gasteiger partial charge in [0.15, 0.2) is 0 Å². The maximum Gasteiger partial charge on any atom is 0.326 e. The predicted molar refractivity (Wildman–Crippen MR) is 62.0 cm³/mol. The average molecular weight is 244 g/mol. The lowest BCUT2D eigenvalue weighted by molar-refractivity contribution is -0.141. The molecule has 0 bridgehead atoms. The van der Waals surface area contributed by atoms with Crippen molar-refractivity contribution in [1.82, 2.24) is 5.32 Å². The first kappa shape index (κ1) is 14.8. The van der Waals surface area contributed by atoms with Gasteiger partial charge in [0.05, 0.1) is 17.6 Å². The van der Waals surface area contributed by atoms with Crippen LogP contribution in [0, 0.1) is 11.3 Å². The van der Waals surface area contributed by atoms with Gasteiger partial charge in [-0.1, -0.05) is 19.8 Å². The summed E-state index contributed by atoms with van der Waals surface area (Å²) in [5, 5.41) is 19.6. The smallest absolute Gasteiger partial charge is 0.326 e. The highest BCUT2D eigenvalue weighted by molar-refractivity contribution is 8.00. The van der Waals surface area contributed by atoms with Gasteiger partial charge in [-0.25, -0.2) is 4.79 Å². The number of hydrogen-bond acceptors (Lipinski definition) is 4. The molecule has 0 aromatic heterocycles. The van der Waals surface area contributed by atoms with Crippen molar-refractivity contribution in [2.45, 2.75) is 32.2 Å². The van der Waals surface area contributed by atoms with Gasteiger partial charge >= 0.3 is 5.97 Å². The van der Waals surface area contributed by atoms with Crippen LogP contribution >= 0.6 is 11.8 Å². The molecule has 1 atom stereocenters. The second-order valence-corrected chi connectivity index (χ2v) is 4.24. The molecular formula is C10H16N2O3S. The molecule has 90 valence electrons. The molecular weight excluding hydrogens is 228 g/mol. The molecule has 0 aliphatic rings. The van der Waals surface area contributed by atoms with Gasteiger partial charge in [0.25, 0.3) is 0 Å². The lowest BCUT2D eigenvalue weighted by Gasteiger charge is -2.13. The Hall–Kier alpha value is -1.22. The zero-order valence-corrected chi connectivity index (χ0v) is 10.0. The number of carbonyl (C=O) groups is 2. The number of nitrogens with one attached hydrogen (secondary N) is 1. The highest BCUT2D eigenvalue weighted by Gasteiger charge is 2.18. The van der Waals surface area contributed by atoms with E-state index in [1.807, 2.05) is 13.0 Å². The third kappa shape index (κ3) is 7.12. The van der Waals surface area contributed by atoms with Gasteiger partial charge in [0.1, 0.15) is 6.04 Å². The van der Waals surface area contributed by atoms with E-state index < -0.39 is 12.0 Å². The minimum Gasteiger partial charge on any atom is -0.480 e. The maximum absolute atomic E-state index is 11.3. The summed E-state index contributed by atoms with van der Waals surface area (Å²) in [7, 11) is 0. The van der Waals surface area contributed by atoms with E-state index >= 15 is 0 Å². The molecule has 0 spiro atoms. The van der Waals surface area contributed by atoms with E-state index in [1.165, 1.54) is 11.8 Å². The third-order valence-electron chi connectivity index (χ3n) is 1.88. The second kappa shape index (κ2) is 9.04. The molecule has 0 aromatic rings. The SMILES string of the molecule is CCCCC(NC(=O)CSCC#N)C(=O)O. The molecule has 0 aromatic carbocycles. The Balaban J connectivity index is 3.94. The monoisotopic (exact) mass is 244 g/mol. The molecule has 0 aliphatic carbocycles. The van der Waals surface area contributed by atoms with Gasteiger partial charge in [-0.05, 0) is 6.42 Å². The minimum absolute atomic E-state index is 0.128. The van der Waals surface area contributed by atoms with E-state index in [0.717, 1.165) is 12.8 Å². The quantitative estimate of drug-likeness (QED) is 0.622. The molecule has 1 amide bonds. The standard InChI is InChI=1S/C10H16N2O3S/c1-2-3-4-8(10(14)15)12-9(13)7-16-6-5-11/h8H,2-4,6-7H2,1H3,(H,12,13)(H,14,15). The van der Waals surface area contributed by atoms with E-state index in [9.17, 15) is 9.59 Å². The van der Waals surface area contributed by atoms with Crippen LogP contribution in [-0.2, 0) is 9.59 Å². The van der Waals surface area contributed by atoms with Gasteiger partial charge in [0.2, 0.25) is 5.91 Å². The Kier molecular flexibility index (Phi) is 8.35. The normalized spacial score (nSPS) is 11.5. The Labute approximate surface area is 99.2 Å². The van der Waals surface area contributed by atoms with Crippen molar-refractivity contribution in [1.29, 1.82) is 5.26 Å². The van der Waals surface area contributed by atoms with Crippen LogP contribution in [-0.4, -0.2) is 34.5 Å². The number of amides is 1. The highest BCUT2D eigenvalue weighted by atomic mass is 32.2. The summed E-state index contributed by atoms with van der Waals surface area (Å²) >= 11 is 1.17. The predicted octanol–water partition coefficient (Wildman–Crippen LogP) is 1.00. The van der Waals surface area contributed by atoms with Gasteiger partial charge < -0.3 is 10.4 Å². The first-order valence-electron chi connectivity index (χ1n) is 5.08. The summed E-state index contributed by atoms with van der Waals surface area (Å²) in [4.78, 5) is 22.1. The van der Waals surface area contributed by atoms with Crippen molar-refractivity contribution in [3.8, 4) is 6.07 Å². The molecule has 6 heteroatoms. The molecule has 0 saturated heterocycles. The molecule has 0 fully saturated rings. The van der Waals surface area contributed by atoms with Crippen LogP contribution in [0.2, 0.25) is 0 Å². The Morgan fingerprint density at radius 3 is 2.75 bits per heavy atom. The van der Waals surface area contributed by atoms with Gasteiger partial charge in [-0.2, -0.15) is 5.26 Å². The van der Waals surface area contributed by atoms with E-state index in [4.69, 9.17) is 10.4 Å². The van der Waals surface area contributed by atoms with Crippen molar-refractivity contribution < 1.29 is 14.7 Å². The lowest BCUT2D eigenvalue weighted by atomic mass is 10.1. The van der Waals surface area contributed by atoms with E-state index in [2.05, 4.69) is 5.32 Å². The first-order chi connectivity index (χ1) is 7.61. The summed E-state index contributed by atoms with van der Waals surface area (Å²) in [5.41, 5.74) is 0. The van der Waals surface area contributed by atoms with Crippen molar-refractivity contribution in [3.05, 3.63) is 0 Å². The highest BCUT2D eigenvalue weighted by Crippen LogP contribution is 2.02. The van der Waals surface area contributed by atoms with Crippen LogP contribution in [0.1, 0.15) is 26.2 Å². The van der Waals surface area contributed by atoms with Gasteiger partial charge in [-0.15, -0.1) is 11.8 Å². The number of aliphatic carboxylic acids is 1. The van der Waals surface area contributed by atoms with Crippen LogP contribution in [0.25, 0.3) is 0 Å². The van der Waals surface area contributed by atoms with Crippen LogP contribution in [0.5, 0.6) is 0 Å². The van der Waals surface area contributed by atoms with Crippen molar-refractivity contribution in [2.75, 3.05) is 11.5 Å². The van der Waals surface area contributed by atoms with E-state index in [-0.39, 0.29) is 17.4 Å². The fraction of sp³-hybridized carbons (Fsp3) is 0.700. The fourth-order valence-electron chi connectivity index (χ4n) is 1.09. The Bertz CT molecular complexity index is 276. The largest absolute Gasteiger partial charge is 0.480 e. The van der Waals surface area contributed by atoms with Gasteiger partial charge in [-0.3, -0.25) is 4.79 Å². The van der Waals surface area contributed by atoms with Gasteiger partial charge in [0, 0.05) is 0 Å². The number of carboxylic acid groups (broad SMARTS) is 1. The molecule has 5 nitrogen and oxygen atoms in total. The van der Waals surface area contributed by atoms with Crippen LogP contribution in [0.15, 0.2) is 0 Å². The summed E-state index contributed by atoms with van der Waals surface area (Å²) in [6.07, 6.45) is 2.10. The zero-order chi connectivity index (χ0) is 12.4. The molecule has 2 N–H and O–H groups in total. The first-order valence-corrected chi connectivity index (χ1v) is 6.24. The molecule has 0 aliphatic heterocycles. The molecule has 0 rings (SSSR count). The summed E-state index contributed by atoms with van der Waals surface area (Å²) in [6.45, 7) is 1.96. The van der Waals surface area contributed by atoms with E-state index in [0.29, 0.717) is 6.42 Å². The molecule has 0 saturated carbocycles. The number of rotatable bonds is 8. The van der Waals surface area contributed by atoms with Crippen molar-refractivity contribution in [3.63, 3.8) is 0 Å². The number of nitrogens with zero attached hydrogens (tertiary/aromatic N) is 1. The minimum atomic E-state index is -1.01. The topological polar surface area (TPSA) is 90.2 Å². The molecule has 0 heterocycles. The molecule has 1 unspecified atom stereocenters. The summed E-state index contributed by atoms with van der Waals surface area (Å²) in [6, 6.07) is 1.09. The Morgan fingerprint density at radius 1 is 1.56 bits per heavy atom. The number of thioether (sulfide) groups is 1. The number of hydrogen-bond donors (Lipinski definition) is 2.